The van der Waals surface area contributed by atoms with Crippen LogP contribution in [0.15, 0.2) is 6.07 Å². The number of carbonyl (C=O) groups is 1. The van der Waals surface area contributed by atoms with Crippen LogP contribution in [0.3, 0.4) is 0 Å². The number of carbonyl (C=O) groups excluding carboxylic acids is 1. The first-order valence-corrected chi connectivity index (χ1v) is 4.05. The summed E-state index contributed by atoms with van der Waals surface area (Å²) in [5, 5.41) is 4.01. The Balaban J connectivity index is 2.31. The van der Waals surface area contributed by atoms with Gasteiger partial charge in [-0.1, -0.05) is 0 Å². The monoisotopic (exact) mass is 165 g/mol. The molecule has 2 rings (SSSR count). The van der Waals surface area contributed by atoms with Gasteiger partial charge in [-0.05, 0) is 19.8 Å². The van der Waals surface area contributed by atoms with Crippen molar-refractivity contribution in [3.05, 3.63) is 11.8 Å². The Labute approximate surface area is 70.4 Å². The Morgan fingerprint density at radius 3 is 2.83 bits per heavy atom. The first kappa shape index (κ1) is 7.34. The molecule has 0 unspecified atom stereocenters. The summed E-state index contributed by atoms with van der Waals surface area (Å²) in [6.07, 6.45) is 1.97. The van der Waals surface area contributed by atoms with Crippen LogP contribution in [0.4, 0.5) is 5.82 Å². The average molecular weight is 165 g/mol. The summed E-state index contributed by atoms with van der Waals surface area (Å²) in [7, 11) is 0. The molecule has 1 heterocycles. The number of hydrogen-bond acceptors (Lipinski definition) is 3. The molecule has 0 radical (unpaired) electrons. The van der Waals surface area contributed by atoms with Crippen molar-refractivity contribution in [2.75, 3.05) is 5.73 Å². The zero-order chi connectivity index (χ0) is 8.72. The standard InChI is InChI=1S/C8H11N3O/c1-5-4-7(9)11(10-5)8(12)6-2-3-6/h4,6H,2-3,9H2,1H3. The molecule has 1 saturated carbocycles. The van der Waals surface area contributed by atoms with Crippen LogP contribution in [0.5, 0.6) is 0 Å². The predicted molar refractivity (Wildman–Crippen MR) is 44.7 cm³/mol. The fourth-order valence-electron chi connectivity index (χ4n) is 1.20. The number of aromatic nitrogens is 2. The summed E-state index contributed by atoms with van der Waals surface area (Å²) >= 11 is 0. The Morgan fingerprint density at radius 2 is 2.42 bits per heavy atom. The first-order chi connectivity index (χ1) is 5.68. The third-order valence-electron chi connectivity index (χ3n) is 1.99. The van der Waals surface area contributed by atoms with E-state index in [9.17, 15) is 4.79 Å². The van der Waals surface area contributed by atoms with E-state index in [2.05, 4.69) is 5.10 Å². The van der Waals surface area contributed by atoms with E-state index in [1.807, 2.05) is 6.92 Å². The topological polar surface area (TPSA) is 60.9 Å². The van der Waals surface area contributed by atoms with E-state index in [-0.39, 0.29) is 11.8 Å². The van der Waals surface area contributed by atoms with Crippen LogP contribution in [-0.2, 0) is 0 Å². The number of rotatable bonds is 1. The highest BCUT2D eigenvalue weighted by molar-refractivity contribution is 5.85. The molecule has 0 aromatic carbocycles. The highest BCUT2D eigenvalue weighted by Gasteiger charge is 2.32. The maximum atomic E-state index is 11.5. The molecule has 0 bridgehead atoms. The Morgan fingerprint density at radius 1 is 1.75 bits per heavy atom. The molecule has 1 aromatic rings. The van der Waals surface area contributed by atoms with Crippen molar-refractivity contribution in [3.8, 4) is 0 Å². The van der Waals surface area contributed by atoms with Crippen LogP contribution in [0, 0.1) is 12.8 Å². The van der Waals surface area contributed by atoms with Gasteiger partial charge in [0.1, 0.15) is 5.82 Å². The van der Waals surface area contributed by atoms with Crippen molar-refractivity contribution in [2.24, 2.45) is 5.92 Å². The van der Waals surface area contributed by atoms with Gasteiger partial charge in [-0.25, -0.2) is 0 Å². The van der Waals surface area contributed by atoms with Crippen LogP contribution in [-0.4, -0.2) is 15.7 Å². The quantitative estimate of drug-likeness (QED) is 0.670. The molecule has 64 valence electrons. The second-order valence-electron chi connectivity index (χ2n) is 3.23. The second-order valence-corrected chi connectivity index (χ2v) is 3.23. The Bertz CT molecular complexity index is 325. The summed E-state index contributed by atoms with van der Waals surface area (Å²) in [5.41, 5.74) is 6.38. The van der Waals surface area contributed by atoms with Crippen LogP contribution < -0.4 is 5.73 Å². The SMILES string of the molecule is Cc1cc(N)n(C(=O)C2CC2)n1. The van der Waals surface area contributed by atoms with Crippen molar-refractivity contribution in [3.63, 3.8) is 0 Å². The van der Waals surface area contributed by atoms with Gasteiger partial charge in [0.2, 0.25) is 0 Å². The molecule has 0 spiro atoms. The first-order valence-electron chi connectivity index (χ1n) is 4.05. The van der Waals surface area contributed by atoms with Gasteiger partial charge in [0, 0.05) is 12.0 Å². The van der Waals surface area contributed by atoms with Gasteiger partial charge in [0.15, 0.2) is 0 Å². The molecule has 12 heavy (non-hydrogen) atoms. The molecular weight excluding hydrogens is 154 g/mol. The van der Waals surface area contributed by atoms with Gasteiger partial charge in [-0.3, -0.25) is 4.79 Å². The molecule has 0 amide bonds. The molecular formula is C8H11N3O. The second kappa shape index (κ2) is 2.33. The molecule has 1 aliphatic carbocycles. The molecule has 0 saturated heterocycles. The molecule has 0 atom stereocenters. The van der Waals surface area contributed by atoms with Crippen molar-refractivity contribution in [1.29, 1.82) is 0 Å². The summed E-state index contributed by atoms with van der Waals surface area (Å²) < 4.78 is 1.31. The van der Waals surface area contributed by atoms with E-state index < -0.39 is 0 Å². The van der Waals surface area contributed by atoms with Crippen molar-refractivity contribution in [2.45, 2.75) is 19.8 Å². The highest BCUT2D eigenvalue weighted by atomic mass is 16.2. The van der Waals surface area contributed by atoms with Crippen molar-refractivity contribution in [1.82, 2.24) is 9.78 Å². The van der Waals surface area contributed by atoms with E-state index in [1.54, 1.807) is 6.07 Å². The van der Waals surface area contributed by atoms with Gasteiger partial charge in [-0.15, -0.1) is 0 Å². The number of aryl methyl sites for hydroxylation is 1. The fourth-order valence-corrected chi connectivity index (χ4v) is 1.20. The van der Waals surface area contributed by atoms with E-state index in [1.165, 1.54) is 4.68 Å². The zero-order valence-electron chi connectivity index (χ0n) is 6.95. The molecule has 1 aromatic heterocycles. The van der Waals surface area contributed by atoms with Gasteiger partial charge in [0.25, 0.3) is 5.91 Å². The minimum Gasteiger partial charge on any atom is -0.383 e. The van der Waals surface area contributed by atoms with Crippen LogP contribution in [0.1, 0.15) is 23.3 Å². The van der Waals surface area contributed by atoms with E-state index in [0.717, 1.165) is 18.5 Å². The lowest BCUT2D eigenvalue weighted by molar-refractivity contribution is 0.0872. The van der Waals surface area contributed by atoms with Gasteiger partial charge < -0.3 is 5.73 Å². The lowest BCUT2D eigenvalue weighted by atomic mass is 10.4. The molecule has 2 N–H and O–H groups in total. The maximum Gasteiger partial charge on any atom is 0.251 e. The number of anilines is 1. The van der Waals surface area contributed by atoms with E-state index in [0.29, 0.717) is 5.82 Å². The minimum absolute atomic E-state index is 0.0422. The number of nitrogens with two attached hydrogens (primary N) is 1. The summed E-state index contributed by atoms with van der Waals surface area (Å²) in [5.74, 6) is 0.664. The number of nitrogen functional groups attached to an aromatic ring is 1. The molecule has 1 fully saturated rings. The predicted octanol–water partition coefficient (Wildman–Crippen LogP) is 0.824. The maximum absolute atomic E-state index is 11.5. The molecule has 4 nitrogen and oxygen atoms in total. The Hall–Kier alpha value is -1.32. The zero-order valence-corrected chi connectivity index (χ0v) is 6.95. The summed E-state index contributed by atoms with van der Waals surface area (Å²) in [6.45, 7) is 1.83. The summed E-state index contributed by atoms with van der Waals surface area (Å²) in [6, 6.07) is 1.71. The average Bonchev–Trinajstić information content (AvgIpc) is 2.77. The highest BCUT2D eigenvalue weighted by Crippen LogP contribution is 2.31. The van der Waals surface area contributed by atoms with Crippen molar-refractivity contribution >= 4 is 11.7 Å². The number of hydrogen-bond donors (Lipinski definition) is 1. The van der Waals surface area contributed by atoms with E-state index >= 15 is 0 Å². The van der Waals surface area contributed by atoms with Crippen LogP contribution >= 0.6 is 0 Å². The molecule has 0 aliphatic heterocycles. The largest absolute Gasteiger partial charge is 0.383 e. The van der Waals surface area contributed by atoms with Gasteiger partial charge in [0.05, 0.1) is 5.69 Å². The van der Waals surface area contributed by atoms with Crippen molar-refractivity contribution < 1.29 is 4.79 Å². The van der Waals surface area contributed by atoms with Gasteiger partial charge >= 0.3 is 0 Å². The minimum atomic E-state index is 0.0422. The lowest BCUT2D eigenvalue weighted by Crippen LogP contribution is -2.16. The fraction of sp³-hybridized carbons (Fsp3) is 0.500. The van der Waals surface area contributed by atoms with E-state index in [4.69, 9.17) is 5.73 Å². The summed E-state index contributed by atoms with van der Waals surface area (Å²) in [4.78, 5) is 11.5. The lowest BCUT2D eigenvalue weighted by Gasteiger charge is -1.98. The van der Waals surface area contributed by atoms with Crippen LogP contribution in [0.2, 0.25) is 0 Å². The Kier molecular flexibility index (Phi) is 1.43. The normalized spacial score (nSPS) is 16.4. The number of nitrogens with zero attached hydrogens (tertiary/aromatic N) is 2. The molecule has 1 aliphatic rings. The van der Waals surface area contributed by atoms with Crippen LogP contribution in [0.25, 0.3) is 0 Å². The third kappa shape index (κ3) is 1.09. The third-order valence-corrected chi connectivity index (χ3v) is 1.99. The molecule has 4 heteroatoms. The smallest absolute Gasteiger partial charge is 0.251 e. The van der Waals surface area contributed by atoms with Gasteiger partial charge in [-0.2, -0.15) is 9.78 Å².